The second-order valence-corrected chi connectivity index (χ2v) is 7.72. The van der Waals surface area contributed by atoms with Crippen LogP contribution in [0.3, 0.4) is 0 Å². The first-order chi connectivity index (χ1) is 12.9. The minimum Gasteiger partial charge on any atom is -0.467 e. The summed E-state index contributed by atoms with van der Waals surface area (Å²) in [5, 5.41) is 0. The molecule has 146 valence electrons. The van der Waals surface area contributed by atoms with E-state index in [-0.39, 0.29) is 18.4 Å². The van der Waals surface area contributed by atoms with Crippen LogP contribution in [-0.4, -0.2) is 43.6 Å². The number of anilines is 1. The lowest BCUT2D eigenvalue weighted by Gasteiger charge is -2.26. The molecule has 0 saturated carbocycles. The smallest absolute Gasteiger partial charge is 0.321 e. The molecular weight excluding hydrogens is 380 g/mol. The summed E-state index contributed by atoms with van der Waals surface area (Å²) in [5.74, 6) is -1.50. The van der Waals surface area contributed by atoms with Gasteiger partial charge in [0.15, 0.2) is 5.82 Å². The average Bonchev–Trinajstić information content (AvgIpc) is 2.66. The van der Waals surface area contributed by atoms with Crippen LogP contribution in [0.1, 0.15) is 25.1 Å². The zero-order valence-electron chi connectivity index (χ0n) is 14.7. The highest BCUT2D eigenvalue weighted by Crippen LogP contribution is 2.19. The molecule has 0 unspecified atom stereocenters. The molecule has 1 aliphatic heterocycles. The van der Waals surface area contributed by atoms with Crippen molar-refractivity contribution < 1.29 is 21.9 Å². The van der Waals surface area contributed by atoms with E-state index in [0.717, 1.165) is 44.5 Å². The van der Waals surface area contributed by atoms with Crippen molar-refractivity contribution in [1.82, 2.24) is 19.7 Å². The summed E-state index contributed by atoms with van der Waals surface area (Å²) >= 11 is 0. The number of hydrogen-bond donors (Lipinski definition) is 1. The minimum absolute atomic E-state index is 0.0627. The van der Waals surface area contributed by atoms with Gasteiger partial charge in [0, 0.05) is 19.2 Å². The van der Waals surface area contributed by atoms with Gasteiger partial charge in [-0.25, -0.2) is 21.9 Å². The topological polar surface area (TPSA) is 97.3 Å². The molecule has 0 bridgehead atoms. The summed E-state index contributed by atoms with van der Waals surface area (Å²) in [6, 6.07) is 2.31. The number of nitrogens with zero attached hydrogens (tertiary/aromatic N) is 4. The lowest BCUT2D eigenvalue weighted by Crippen LogP contribution is -2.32. The van der Waals surface area contributed by atoms with Crippen molar-refractivity contribution in [2.24, 2.45) is 0 Å². The molecule has 0 radical (unpaired) electrons. The Morgan fingerprint density at radius 1 is 1.15 bits per heavy atom. The second kappa shape index (κ2) is 8.09. The van der Waals surface area contributed by atoms with Crippen molar-refractivity contribution >= 4 is 16.0 Å². The molecule has 3 rings (SSSR count). The minimum atomic E-state index is -4.21. The van der Waals surface area contributed by atoms with Gasteiger partial charge in [-0.2, -0.15) is 15.0 Å². The Hall–Kier alpha value is -2.40. The highest BCUT2D eigenvalue weighted by molar-refractivity contribution is 7.89. The summed E-state index contributed by atoms with van der Waals surface area (Å²) < 4.78 is 58.6. The van der Waals surface area contributed by atoms with Crippen LogP contribution < -0.4 is 14.4 Å². The molecule has 0 spiro atoms. The maximum atomic E-state index is 13.8. The Balaban J connectivity index is 1.80. The second-order valence-electron chi connectivity index (χ2n) is 5.99. The first-order valence-corrected chi connectivity index (χ1v) is 9.86. The number of methoxy groups -OCH3 is 1. The van der Waals surface area contributed by atoms with Gasteiger partial charge in [-0.1, -0.05) is 0 Å². The molecule has 27 heavy (non-hydrogen) atoms. The van der Waals surface area contributed by atoms with Gasteiger partial charge >= 0.3 is 6.01 Å². The Bertz CT molecular complexity index is 920. The van der Waals surface area contributed by atoms with Crippen molar-refractivity contribution in [3.05, 3.63) is 35.7 Å². The molecular formula is C16H19F2N5O3S. The van der Waals surface area contributed by atoms with Crippen LogP contribution in [-0.2, 0) is 16.6 Å². The van der Waals surface area contributed by atoms with Gasteiger partial charge < -0.3 is 9.64 Å². The van der Waals surface area contributed by atoms with E-state index < -0.39 is 26.6 Å². The number of ether oxygens (including phenoxy) is 1. The third kappa shape index (κ3) is 4.66. The average molecular weight is 399 g/mol. The molecule has 8 nitrogen and oxygen atoms in total. The Labute approximate surface area is 155 Å². The van der Waals surface area contributed by atoms with Gasteiger partial charge in [0.25, 0.3) is 0 Å². The number of nitrogens with one attached hydrogen (secondary N) is 1. The molecule has 1 aliphatic rings. The largest absolute Gasteiger partial charge is 0.467 e. The van der Waals surface area contributed by atoms with Gasteiger partial charge in [0.05, 0.1) is 13.7 Å². The number of piperidine rings is 1. The van der Waals surface area contributed by atoms with E-state index in [1.54, 1.807) is 0 Å². The van der Waals surface area contributed by atoms with Crippen LogP contribution in [0.2, 0.25) is 0 Å². The van der Waals surface area contributed by atoms with E-state index in [4.69, 9.17) is 4.74 Å². The summed E-state index contributed by atoms with van der Waals surface area (Å²) in [6.07, 6.45) is 3.16. The zero-order valence-corrected chi connectivity index (χ0v) is 15.5. The summed E-state index contributed by atoms with van der Waals surface area (Å²) in [6.45, 7) is 1.29. The fraction of sp³-hybridized carbons (Fsp3) is 0.438. The van der Waals surface area contributed by atoms with Crippen molar-refractivity contribution in [2.75, 3.05) is 25.1 Å². The van der Waals surface area contributed by atoms with Crippen LogP contribution in [0.4, 0.5) is 14.7 Å². The van der Waals surface area contributed by atoms with Gasteiger partial charge in [-0.3, -0.25) is 0 Å². The van der Waals surface area contributed by atoms with Crippen LogP contribution >= 0.6 is 0 Å². The fourth-order valence-corrected chi connectivity index (χ4v) is 3.76. The monoisotopic (exact) mass is 399 g/mol. The number of benzene rings is 1. The number of aromatic nitrogens is 3. The molecule has 11 heteroatoms. The molecule has 1 fully saturated rings. The zero-order chi connectivity index (χ0) is 19.4. The third-order valence-electron chi connectivity index (χ3n) is 4.07. The molecule has 1 aromatic carbocycles. The lowest BCUT2D eigenvalue weighted by atomic mass is 10.1. The van der Waals surface area contributed by atoms with E-state index in [1.807, 2.05) is 4.90 Å². The molecule has 1 N–H and O–H groups in total. The van der Waals surface area contributed by atoms with E-state index in [1.165, 1.54) is 7.11 Å². The summed E-state index contributed by atoms with van der Waals surface area (Å²) in [7, 11) is -2.81. The quantitative estimate of drug-likeness (QED) is 0.788. The van der Waals surface area contributed by atoms with Gasteiger partial charge in [-0.05, 0) is 31.4 Å². The van der Waals surface area contributed by atoms with E-state index in [0.29, 0.717) is 12.0 Å². The highest BCUT2D eigenvalue weighted by atomic mass is 32.2. The van der Waals surface area contributed by atoms with Gasteiger partial charge in [0.2, 0.25) is 16.0 Å². The first-order valence-electron chi connectivity index (χ1n) is 8.37. The Morgan fingerprint density at radius 2 is 1.89 bits per heavy atom. The predicted molar refractivity (Wildman–Crippen MR) is 92.8 cm³/mol. The van der Waals surface area contributed by atoms with Crippen molar-refractivity contribution in [1.29, 1.82) is 0 Å². The van der Waals surface area contributed by atoms with E-state index in [2.05, 4.69) is 19.7 Å². The highest BCUT2D eigenvalue weighted by Gasteiger charge is 2.21. The summed E-state index contributed by atoms with van der Waals surface area (Å²) in [4.78, 5) is 13.8. The van der Waals surface area contributed by atoms with E-state index >= 15 is 0 Å². The lowest BCUT2D eigenvalue weighted by molar-refractivity contribution is 0.374. The SMILES string of the molecule is COc1nc(CNS(=O)(=O)c2ccc(F)cc2F)nc(N2CCCCC2)n1. The standard InChI is InChI=1S/C16H19F2N5O3S/c1-26-16-21-14(20-15(22-16)23-7-3-2-4-8-23)10-19-27(24,25)13-6-5-11(17)9-12(13)18/h5-6,9,19H,2-4,7-8,10H2,1H3. The van der Waals surface area contributed by atoms with Crippen molar-refractivity contribution in [3.8, 4) is 6.01 Å². The molecule has 1 saturated heterocycles. The van der Waals surface area contributed by atoms with Gasteiger partial charge in [0.1, 0.15) is 16.5 Å². The van der Waals surface area contributed by atoms with Crippen LogP contribution in [0.5, 0.6) is 6.01 Å². The number of sulfonamides is 1. The molecule has 2 aromatic rings. The molecule has 1 aromatic heterocycles. The number of halogens is 2. The molecule has 0 aliphatic carbocycles. The van der Waals surface area contributed by atoms with Crippen molar-refractivity contribution in [3.63, 3.8) is 0 Å². The van der Waals surface area contributed by atoms with Crippen LogP contribution in [0.15, 0.2) is 23.1 Å². The Morgan fingerprint density at radius 3 is 2.56 bits per heavy atom. The predicted octanol–water partition coefficient (Wildman–Crippen LogP) is 1.63. The number of hydrogen-bond acceptors (Lipinski definition) is 7. The summed E-state index contributed by atoms with van der Waals surface area (Å²) in [5.41, 5.74) is 0. The molecule has 0 atom stereocenters. The normalized spacial score (nSPS) is 15.0. The van der Waals surface area contributed by atoms with Crippen LogP contribution in [0, 0.1) is 11.6 Å². The Kier molecular flexibility index (Phi) is 5.80. The maximum absolute atomic E-state index is 13.8. The third-order valence-corrected chi connectivity index (χ3v) is 5.51. The molecule has 0 amide bonds. The van der Waals surface area contributed by atoms with E-state index in [9.17, 15) is 17.2 Å². The maximum Gasteiger partial charge on any atom is 0.321 e. The van der Waals surface area contributed by atoms with Crippen molar-refractivity contribution in [2.45, 2.75) is 30.7 Å². The fourth-order valence-electron chi connectivity index (χ4n) is 2.72. The number of rotatable bonds is 6. The molecule has 2 heterocycles. The van der Waals surface area contributed by atoms with Gasteiger partial charge in [-0.15, -0.1) is 0 Å². The first kappa shape index (κ1) is 19.4. The van der Waals surface area contributed by atoms with Crippen LogP contribution in [0.25, 0.3) is 0 Å².